The fourth-order valence-corrected chi connectivity index (χ4v) is 7.47. The Hall–Kier alpha value is -5.49. The number of unbranched alkanes of at least 4 members (excludes halogenated alkanes) is 11. The molecule has 0 aliphatic rings. The lowest BCUT2D eigenvalue weighted by Gasteiger charge is -2.18. The van der Waals surface area contributed by atoms with Crippen LogP contribution in [0.1, 0.15) is 226 Å². The molecule has 0 saturated heterocycles. The third-order valence-corrected chi connectivity index (χ3v) is 11.9. The van der Waals surface area contributed by atoms with Crippen molar-refractivity contribution in [2.45, 2.75) is 232 Å². The molecule has 0 aromatic rings. The molecule has 0 N–H and O–H groups in total. The highest BCUT2D eigenvalue weighted by Gasteiger charge is 2.19. The summed E-state index contributed by atoms with van der Waals surface area (Å²) in [6.07, 6.45) is 94.8. The lowest BCUT2D eigenvalue weighted by atomic mass is 10.1. The SMILES string of the molecule is CC/C=C\C/C=C\C/C=C\C/C=C\C/C=C\C/C=C\C/C=C\C/C=C\C/C=C\CCCC(=O)OCC(COC(=O)CCCCCCCCCCCCC)OC(=O)CC/C=C\C/C=C\C/C=C\C/C=C\C/C=C\C/C=C\CC. The van der Waals surface area contributed by atoms with Crippen molar-refractivity contribution in [2.75, 3.05) is 13.2 Å². The van der Waals surface area contributed by atoms with E-state index in [1.165, 1.54) is 51.4 Å². The van der Waals surface area contributed by atoms with Crippen molar-refractivity contribution in [1.82, 2.24) is 0 Å². The van der Waals surface area contributed by atoms with E-state index in [-0.39, 0.29) is 38.0 Å². The molecule has 0 amide bonds. The van der Waals surface area contributed by atoms with Crippen LogP contribution in [0.25, 0.3) is 0 Å². The van der Waals surface area contributed by atoms with Crippen LogP contribution in [0.5, 0.6) is 0 Å². The molecule has 0 spiro atoms. The van der Waals surface area contributed by atoms with Crippen LogP contribution in [0.15, 0.2) is 182 Å². The van der Waals surface area contributed by atoms with E-state index in [2.05, 4.69) is 191 Å². The Morgan fingerprint density at radius 3 is 0.844 bits per heavy atom. The van der Waals surface area contributed by atoms with Crippen molar-refractivity contribution >= 4 is 17.9 Å². The molecule has 0 bridgehead atoms. The van der Waals surface area contributed by atoms with Gasteiger partial charge < -0.3 is 14.2 Å². The minimum atomic E-state index is -0.851. The fourth-order valence-electron chi connectivity index (χ4n) is 7.47. The Balaban J connectivity index is 4.53. The third-order valence-electron chi connectivity index (χ3n) is 11.9. The summed E-state index contributed by atoms with van der Waals surface area (Å²) in [5, 5.41) is 0. The smallest absolute Gasteiger partial charge is 0.306 e. The van der Waals surface area contributed by atoms with E-state index in [4.69, 9.17) is 14.2 Å². The molecule has 0 aromatic carbocycles. The monoisotopic (exact) mass is 1060 g/mol. The largest absolute Gasteiger partial charge is 0.462 e. The molecule has 0 fully saturated rings. The number of allylic oxidation sites excluding steroid dienone is 30. The summed E-state index contributed by atoms with van der Waals surface area (Å²) >= 11 is 0. The van der Waals surface area contributed by atoms with Gasteiger partial charge in [0.1, 0.15) is 13.2 Å². The second-order valence-electron chi connectivity index (χ2n) is 19.1. The predicted octanol–water partition coefficient (Wildman–Crippen LogP) is 20.9. The topological polar surface area (TPSA) is 78.9 Å². The second kappa shape index (κ2) is 63.0. The van der Waals surface area contributed by atoms with E-state index in [9.17, 15) is 14.4 Å². The second-order valence-corrected chi connectivity index (χ2v) is 19.1. The summed E-state index contributed by atoms with van der Waals surface area (Å²) < 4.78 is 16.7. The molecule has 1 atom stereocenters. The number of esters is 3. The maximum atomic E-state index is 12.8. The molecule has 0 radical (unpaired) electrons. The van der Waals surface area contributed by atoms with Crippen LogP contribution in [0.4, 0.5) is 0 Å². The molecule has 428 valence electrons. The zero-order chi connectivity index (χ0) is 55.7. The van der Waals surface area contributed by atoms with Gasteiger partial charge in [0.25, 0.3) is 0 Å². The Bertz CT molecular complexity index is 1840. The maximum Gasteiger partial charge on any atom is 0.306 e. The van der Waals surface area contributed by atoms with E-state index in [1.807, 2.05) is 12.2 Å². The van der Waals surface area contributed by atoms with Crippen molar-refractivity contribution in [2.24, 2.45) is 0 Å². The molecule has 77 heavy (non-hydrogen) atoms. The van der Waals surface area contributed by atoms with E-state index in [0.29, 0.717) is 19.3 Å². The van der Waals surface area contributed by atoms with Crippen LogP contribution in [0, 0.1) is 0 Å². The van der Waals surface area contributed by atoms with Crippen LogP contribution >= 0.6 is 0 Å². The Kier molecular flexibility index (Phi) is 58.6. The molecule has 0 saturated carbocycles. The Labute approximate surface area is 472 Å². The van der Waals surface area contributed by atoms with E-state index in [1.54, 1.807) is 0 Å². The first-order valence-electron chi connectivity index (χ1n) is 30.3. The van der Waals surface area contributed by atoms with E-state index in [0.717, 1.165) is 122 Å². The zero-order valence-corrected chi connectivity index (χ0v) is 48.9. The number of ether oxygens (including phenoxy) is 3. The van der Waals surface area contributed by atoms with Crippen LogP contribution in [0.3, 0.4) is 0 Å². The Morgan fingerprint density at radius 1 is 0.273 bits per heavy atom. The fraction of sp³-hybridized carbons (Fsp3) is 0.535. The average molecular weight is 1060 g/mol. The zero-order valence-electron chi connectivity index (χ0n) is 48.9. The van der Waals surface area contributed by atoms with E-state index < -0.39 is 12.1 Å². The van der Waals surface area contributed by atoms with Gasteiger partial charge in [-0.2, -0.15) is 0 Å². The number of carbonyl (C=O) groups is 3. The minimum Gasteiger partial charge on any atom is -0.462 e. The number of hydrogen-bond acceptors (Lipinski definition) is 6. The van der Waals surface area contributed by atoms with Gasteiger partial charge in [-0.1, -0.05) is 267 Å². The van der Waals surface area contributed by atoms with Gasteiger partial charge in [0.15, 0.2) is 6.10 Å². The number of rotatable bonds is 52. The first-order chi connectivity index (χ1) is 38.0. The van der Waals surface area contributed by atoms with Crippen LogP contribution in [-0.2, 0) is 28.6 Å². The highest BCUT2D eigenvalue weighted by Crippen LogP contribution is 2.13. The molecule has 0 aromatic heterocycles. The number of carbonyl (C=O) groups excluding carboxylic acids is 3. The summed E-state index contributed by atoms with van der Waals surface area (Å²) in [7, 11) is 0. The average Bonchev–Trinajstić information content (AvgIpc) is 3.43. The first-order valence-corrected chi connectivity index (χ1v) is 30.3. The van der Waals surface area contributed by atoms with Gasteiger partial charge in [0.2, 0.25) is 0 Å². The summed E-state index contributed by atoms with van der Waals surface area (Å²) in [4.78, 5) is 38.1. The van der Waals surface area contributed by atoms with Crippen molar-refractivity contribution in [3.8, 4) is 0 Å². The highest BCUT2D eigenvalue weighted by atomic mass is 16.6. The van der Waals surface area contributed by atoms with Crippen molar-refractivity contribution < 1.29 is 28.6 Å². The molecule has 1 unspecified atom stereocenters. The molecule has 6 nitrogen and oxygen atoms in total. The van der Waals surface area contributed by atoms with Gasteiger partial charge >= 0.3 is 17.9 Å². The highest BCUT2D eigenvalue weighted by molar-refractivity contribution is 5.71. The standard InChI is InChI=1S/C71H108O6/c1-4-7-10-13-16-19-22-24-26-28-30-31-32-33-34-35-36-37-38-39-41-42-44-46-49-52-55-58-61-64-70(73)76-67-68(66-75-69(72)63-60-57-54-51-48-21-18-15-12-9-6-3)77-71(74)65-62-59-56-53-50-47-45-43-40-29-27-25-23-20-17-14-11-8-5-2/h7-8,10-11,16-17,19-20,24-27,30-31,33-34,36-37,39-41,43-44,46-47,50,52,55-56,59,68H,4-6,9,12-15,18,21-23,28-29,32,35,38,42,45,48-49,51,53-54,57-58,60-67H2,1-3H3/b10-7-,11-8-,19-16-,20-17-,26-24-,27-25-,31-30-,34-33-,37-36-,41-39-,43-40-,46-44-,50-47-,55-52-,59-56-. The molecule has 0 aliphatic heterocycles. The Morgan fingerprint density at radius 2 is 0.532 bits per heavy atom. The summed E-state index contributed by atoms with van der Waals surface area (Å²) in [5.41, 5.74) is 0. The van der Waals surface area contributed by atoms with Gasteiger partial charge in [-0.3, -0.25) is 14.4 Å². The molecule has 0 heterocycles. The molecular weight excluding hydrogens is 949 g/mol. The van der Waals surface area contributed by atoms with Gasteiger partial charge in [-0.25, -0.2) is 0 Å². The number of hydrogen-bond donors (Lipinski definition) is 0. The lowest BCUT2D eigenvalue weighted by Crippen LogP contribution is -2.30. The van der Waals surface area contributed by atoms with Gasteiger partial charge in [-0.15, -0.1) is 0 Å². The van der Waals surface area contributed by atoms with Crippen LogP contribution in [0.2, 0.25) is 0 Å². The summed E-state index contributed by atoms with van der Waals surface area (Å²) in [6.45, 7) is 6.27. The van der Waals surface area contributed by atoms with Gasteiger partial charge in [-0.05, 0) is 122 Å². The van der Waals surface area contributed by atoms with Crippen LogP contribution in [-0.4, -0.2) is 37.2 Å². The van der Waals surface area contributed by atoms with E-state index >= 15 is 0 Å². The van der Waals surface area contributed by atoms with Crippen molar-refractivity contribution in [3.05, 3.63) is 182 Å². The third kappa shape index (κ3) is 61.2. The predicted molar refractivity (Wildman–Crippen MR) is 334 cm³/mol. The lowest BCUT2D eigenvalue weighted by molar-refractivity contribution is -0.166. The van der Waals surface area contributed by atoms with Crippen molar-refractivity contribution in [1.29, 1.82) is 0 Å². The molecule has 0 aliphatic carbocycles. The van der Waals surface area contributed by atoms with Crippen LogP contribution < -0.4 is 0 Å². The van der Waals surface area contributed by atoms with Gasteiger partial charge in [0, 0.05) is 19.3 Å². The normalized spacial score (nSPS) is 13.4. The maximum absolute atomic E-state index is 12.8. The molecular formula is C71H108O6. The summed E-state index contributed by atoms with van der Waals surface area (Å²) in [5.74, 6) is -1.09. The van der Waals surface area contributed by atoms with Crippen molar-refractivity contribution in [3.63, 3.8) is 0 Å². The molecule has 6 heteroatoms. The van der Waals surface area contributed by atoms with Gasteiger partial charge in [0.05, 0.1) is 0 Å². The summed E-state index contributed by atoms with van der Waals surface area (Å²) in [6, 6.07) is 0. The quantitative estimate of drug-likeness (QED) is 0.0261. The molecule has 0 rings (SSSR count). The minimum absolute atomic E-state index is 0.134. The first kappa shape index (κ1) is 71.5.